The topological polar surface area (TPSA) is 21.2 Å². The quantitative estimate of drug-likeness (QED) is 0.182. The lowest BCUT2D eigenvalue weighted by Crippen LogP contribution is -2.30. The van der Waals surface area contributed by atoms with E-state index in [1.54, 1.807) is 0 Å². The van der Waals surface area contributed by atoms with E-state index in [2.05, 4.69) is 90.5 Å². The van der Waals surface area contributed by atoms with Crippen molar-refractivity contribution in [3.05, 3.63) is 78.1 Å². The van der Waals surface area contributed by atoms with Crippen LogP contribution in [0.15, 0.2) is 67.0 Å². The highest BCUT2D eigenvalue weighted by Gasteiger charge is 2.26. The van der Waals surface area contributed by atoms with E-state index in [0.717, 1.165) is 11.9 Å². The van der Waals surface area contributed by atoms with Crippen LogP contribution in [-0.2, 0) is 13.5 Å². The zero-order valence-electron chi connectivity index (χ0n) is 17.9. The largest absolute Gasteiger partial charge is 0.307 e. The number of hydrogen-bond acceptors (Lipinski definition) is 1. The second-order valence-electron chi connectivity index (χ2n) is 8.68. The summed E-state index contributed by atoms with van der Waals surface area (Å²) < 4.78 is 4.70. The van der Waals surface area contributed by atoms with E-state index in [1.807, 2.05) is 6.33 Å². The molecule has 0 aliphatic rings. The average Bonchev–Trinajstić information content (AvgIpc) is 3.15. The molecule has 0 fully saturated rings. The van der Waals surface area contributed by atoms with Crippen molar-refractivity contribution in [1.82, 2.24) is 9.38 Å². The van der Waals surface area contributed by atoms with Crippen molar-refractivity contribution in [2.24, 2.45) is 7.05 Å². The molecular weight excluding hydrogens is 378 g/mol. The van der Waals surface area contributed by atoms with Crippen LogP contribution in [0.3, 0.4) is 0 Å². The van der Waals surface area contributed by atoms with Gasteiger partial charge in [-0.3, -0.25) is 0 Å². The Hall–Kier alpha value is -3.72. The molecule has 0 aliphatic carbocycles. The number of benzene rings is 4. The van der Waals surface area contributed by atoms with Crippen molar-refractivity contribution >= 4 is 59.9 Å². The molecule has 0 amide bonds. The van der Waals surface area contributed by atoms with Gasteiger partial charge in [0.25, 0.3) is 6.33 Å². The van der Waals surface area contributed by atoms with E-state index in [1.165, 1.54) is 65.5 Å². The van der Waals surface area contributed by atoms with Gasteiger partial charge in [-0.2, -0.15) is 0 Å². The number of fused-ring (bicyclic) bond motifs is 7. The SMILES string of the molecule is CCc1cc2nc[n+](C)c3c4c(C)c5ccccc5cc4n4c5ccccc5c1c4c23. The molecule has 148 valence electrons. The third kappa shape index (κ3) is 1.94. The van der Waals surface area contributed by atoms with E-state index in [9.17, 15) is 0 Å². The van der Waals surface area contributed by atoms with Crippen LogP contribution in [-0.4, -0.2) is 9.38 Å². The zero-order chi connectivity index (χ0) is 20.9. The maximum absolute atomic E-state index is 4.86. The molecular formula is C28H22N3+. The van der Waals surface area contributed by atoms with Gasteiger partial charge in [-0.15, -0.1) is 0 Å². The first-order valence-electron chi connectivity index (χ1n) is 11.0. The lowest BCUT2D eigenvalue weighted by molar-refractivity contribution is -0.646. The van der Waals surface area contributed by atoms with Crippen LogP contribution in [0.25, 0.3) is 59.9 Å². The van der Waals surface area contributed by atoms with Crippen LogP contribution in [0.4, 0.5) is 0 Å². The first kappa shape index (κ1) is 17.0. The van der Waals surface area contributed by atoms with Crippen LogP contribution in [0.2, 0.25) is 0 Å². The normalized spacial score (nSPS) is 12.5. The molecule has 0 bridgehead atoms. The fraction of sp³-hybridized carbons (Fsp3) is 0.143. The predicted molar refractivity (Wildman–Crippen MR) is 129 cm³/mol. The average molecular weight is 401 g/mol. The first-order chi connectivity index (χ1) is 15.2. The fourth-order valence-corrected chi connectivity index (χ4v) is 5.77. The minimum atomic E-state index is 0.988. The van der Waals surface area contributed by atoms with Gasteiger partial charge in [0.05, 0.1) is 29.0 Å². The molecule has 31 heavy (non-hydrogen) atoms. The van der Waals surface area contributed by atoms with E-state index in [0.29, 0.717) is 0 Å². The highest BCUT2D eigenvalue weighted by molar-refractivity contribution is 6.28. The highest BCUT2D eigenvalue weighted by Crippen LogP contribution is 2.43. The summed E-state index contributed by atoms with van der Waals surface area (Å²) >= 11 is 0. The Morgan fingerprint density at radius 1 is 0.871 bits per heavy atom. The molecule has 3 aromatic heterocycles. The van der Waals surface area contributed by atoms with Gasteiger partial charge in [0.2, 0.25) is 0 Å². The monoisotopic (exact) mass is 400 g/mol. The number of aromatic nitrogens is 3. The summed E-state index contributed by atoms with van der Waals surface area (Å²) in [6.45, 7) is 4.51. The second-order valence-corrected chi connectivity index (χ2v) is 8.68. The summed E-state index contributed by atoms with van der Waals surface area (Å²) in [7, 11) is 2.12. The number of rotatable bonds is 1. The van der Waals surface area contributed by atoms with Gasteiger partial charge >= 0.3 is 0 Å². The Morgan fingerprint density at radius 3 is 2.48 bits per heavy atom. The number of aryl methyl sites for hydroxylation is 3. The van der Waals surface area contributed by atoms with Gasteiger partial charge in [-0.1, -0.05) is 49.4 Å². The van der Waals surface area contributed by atoms with E-state index >= 15 is 0 Å². The van der Waals surface area contributed by atoms with Gasteiger partial charge in [-0.05, 0) is 58.4 Å². The maximum Gasteiger partial charge on any atom is 0.287 e. The first-order valence-corrected chi connectivity index (χ1v) is 11.0. The van der Waals surface area contributed by atoms with Crippen LogP contribution in [0.5, 0.6) is 0 Å². The lowest BCUT2D eigenvalue weighted by atomic mass is 9.95. The molecule has 0 spiro atoms. The van der Waals surface area contributed by atoms with Gasteiger partial charge in [0.15, 0.2) is 5.52 Å². The van der Waals surface area contributed by atoms with Crippen molar-refractivity contribution in [2.75, 3.05) is 0 Å². The number of pyridine rings is 1. The number of para-hydroxylation sites is 1. The summed E-state index contributed by atoms with van der Waals surface area (Å²) in [5.74, 6) is 0. The molecule has 0 saturated carbocycles. The molecule has 4 aromatic carbocycles. The molecule has 0 unspecified atom stereocenters. The van der Waals surface area contributed by atoms with E-state index < -0.39 is 0 Å². The maximum atomic E-state index is 4.86. The summed E-state index contributed by atoms with van der Waals surface area (Å²) in [6, 6.07) is 22.3. The number of hydrogen-bond donors (Lipinski definition) is 0. The minimum Gasteiger partial charge on any atom is -0.307 e. The Morgan fingerprint density at radius 2 is 1.65 bits per heavy atom. The number of nitrogens with zero attached hydrogens (tertiary/aromatic N) is 3. The molecule has 0 radical (unpaired) electrons. The Balaban J connectivity index is 1.98. The summed E-state index contributed by atoms with van der Waals surface area (Å²) in [4.78, 5) is 4.86. The third-order valence-corrected chi connectivity index (χ3v) is 7.11. The second kappa shape index (κ2) is 5.70. The lowest BCUT2D eigenvalue weighted by Gasteiger charge is -2.15. The van der Waals surface area contributed by atoms with Crippen molar-refractivity contribution in [1.29, 1.82) is 0 Å². The van der Waals surface area contributed by atoms with Gasteiger partial charge in [-0.25, -0.2) is 4.57 Å². The van der Waals surface area contributed by atoms with Crippen molar-refractivity contribution in [3.63, 3.8) is 0 Å². The van der Waals surface area contributed by atoms with E-state index in [-0.39, 0.29) is 0 Å². The van der Waals surface area contributed by atoms with Gasteiger partial charge < -0.3 is 4.40 Å². The highest BCUT2D eigenvalue weighted by atomic mass is 15.0. The van der Waals surface area contributed by atoms with Gasteiger partial charge in [0, 0.05) is 16.2 Å². The minimum absolute atomic E-state index is 0.988. The molecule has 0 atom stereocenters. The molecule has 7 rings (SSSR count). The van der Waals surface area contributed by atoms with Crippen molar-refractivity contribution in [2.45, 2.75) is 20.3 Å². The molecule has 3 heteroatoms. The standard InChI is InChI=1S/C28H22N3/c1-4-17-13-21-26-27(30(3)15-29-21)24-16(2)19-10-6-5-9-18(19)14-23(24)31-22-12-8-7-11-20(22)25(17)28(26)31/h5-15H,4H2,1-3H3/q+1. The zero-order valence-corrected chi connectivity index (χ0v) is 17.9. The molecule has 3 heterocycles. The predicted octanol–water partition coefficient (Wildman–Crippen LogP) is 6.23. The van der Waals surface area contributed by atoms with Crippen molar-refractivity contribution < 1.29 is 4.57 Å². The molecule has 0 saturated heterocycles. The van der Waals surface area contributed by atoms with Crippen LogP contribution < -0.4 is 4.57 Å². The van der Waals surface area contributed by atoms with Crippen molar-refractivity contribution in [3.8, 4) is 0 Å². The smallest absolute Gasteiger partial charge is 0.287 e. The summed E-state index contributed by atoms with van der Waals surface area (Å²) in [5.41, 5.74) is 8.89. The Kier molecular flexibility index (Phi) is 3.13. The van der Waals surface area contributed by atoms with Crippen LogP contribution in [0, 0.1) is 6.92 Å². The summed E-state index contributed by atoms with van der Waals surface area (Å²) in [6.07, 6.45) is 2.96. The Bertz CT molecular complexity index is 1840. The molecule has 0 N–H and O–H groups in total. The van der Waals surface area contributed by atoms with Crippen LogP contribution >= 0.6 is 0 Å². The fourth-order valence-electron chi connectivity index (χ4n) is 5.77. The summed E-state index contributed by atoms with van der Waals surface area (Å²) in [5, 5.41) is 7.87. The van der Waals surface area contributed by atoms with Crippen LogP contribution in [0.1, 0.15) is 18.1 Å². The molecule has 0 aliphatic heterocycles. The molecule has 3 nitrogen and oxygen atoms in total. The third-order valence-electron chi connectivity index (χ3n) is 7.11. The molecule has 7 aromatic rings. The Labute approximate surface area is 179 Å². The van der Waals surface area contributed by atoms with E-state index in [4.69, 9.17) is 4.98 Å². The van der Waals surface area contributed by atoms with Gasteiger partial charge in [0.1, 0.15) is 5.52 Å².